The summed E-state index contributed by atoms with van der Waals surface area (Å²) < 4.78 is 4.62. The Balaban J connectivity index is 3.95. The molecule has 0 spiro atoms. The van der Waals surface area contributed by atoms with E-state index in [4.69, 9.17) is 15.1 Å². The van der Waals surface area contributed by atoms with Crippen LogP contribution in [0.15, 0.2) is 0 Å². The molecule has 0 rings (SSSR count). The molecule has 2 unspecified atom stereocenters. The van der Waals surface area contributed by atoms with Crippen molar-refractivity contribution in [3.8, 4) is 0 Å². The smallest absolute Gasteiger partial charge is 0.333 e. The standard InChI is InChI=1S/C6H11O6P/c1-13(11)12-4(6(9)10)2-3-5(7)8/h4,11H,2-3H2,1H3,(H,7,8)(H,9,10). The van der Waals surface area contributed by atoms with E-state index in [0.717, 1.165) is 0 Å². The molecule has 0 amide bonds. The lowest BCUT2D eigenvalue weighted by Crippen LogP contribution is -2.22. The van der Waals surface area contributed by atoms with Gasteiger partial charge < -0.3 is 19.6 Å². The molecule has 2 atom stereocenters. The minimum absolute atomic E-state index is 0.141. The third-order valence-corrected chi connectivity index (χ3v) is 1.74. The van der Waals surface area contributed by atoms with Gasteiger partial charge in [-0.1, -0.05) is 0 Å². The highest BCUT2D eigenvalue weighted by Crippen LogP contribution is 2.29. The van der Waals surface area contributed by atoms with E-state index in [1.807, 2.05) is 0 Å². The number of carbonyl (C=O) groups is 2. The number of carboxylic acid groups (broad SMARTS) is 2. The van der Waals surface area contributed by atoms with E-state index in [1.54, 1.807) is 0 Å². The molecule has 0 heterocycles. The summed E-state index contributed by atoms with van der Waals surface area (Å²) in [4.78, 5) is 29.3. The van der Waals surface area contributed by atoms with Crippen molar-refractivity contribution in [2.45, 2.75) is 18.9 Å². The number of carboxylic acids is 2. The van der Waals surface area contributed by atoms with E-state index < -0.39 is 26.4 Å². The van der Waals surface area contributed by atoms with Crippen LogP contribution in [0.2, 0.25) is 0 Å². The molecule has 0 radical (unpaired) electrons. The Labute approximate surface area is 76.1 Å². The van der Waals surface area contributed by atoms with Gasteiger partial charge in [0, 0.05) is 13.1 Å². The van der Waals surface area contributed by atoms with Gasteiger partial charge in [-0.05, 0) is 6.42 Å². The molecule has 0 aromatic rings. The predicted octanol–water partition coefficient (Wildman–Crippen LogP) is 0.255. The highest BCUT2D eigenvalue weighted by atomic mass is 31.2. The number of aliphatic carboxylic acids is 2. The molecule has 13 heavy (non-hydrogen) atoms. The van der Waals surface area contributed by atoms with Crippen LogP contribution in [0.4, 0.5) is 0 Å². The van der Waals surface area contributed by atoms with Crippen molar-refractivity contribution in [1.29, 1.82) is 0 Å². The fourth-order valence-corrected chi connectivity index (χ4v) is 1.22. The molecule has 0 aliphatic rings. The number of hydrogen-bond acceptors (Lipinski definition) is 4. The van der Waals surface area contributed by atoms with Gasteiger partial charge in [0.2, 0.25) is 0 Å². The lowest BCUT2D eigenvalue weighted by molar-refractivity contribution is -0.146. The Morgan fingerprint density at radius 1 is 1.46 bits per heavy atom. The summed E-state index contributed by atoms with van der Waals surface area (Å²) in [5.41, 5.74) is 0. The fraction of sp³-hybridized carbons (Fsp3) is 0.667. The van der Waals surface area contributed by atoms with Gasteiger partial charge in [0.05, 0.1) is 0 Å². The summed E-state index contributed by atoms with van der Waals surface area (Å²) in [6, 6.07) is 0. The Bertz CT molecular complexity index is 192. The van der Waals surface area contributed by atoms with Gasteiger partial charge in [-0.15, -0.1) is 0 Å². The summed E-state index contributed by atoms with van der Waals surface area (Å²) in [5.74, 6) is -2.35. The second-order valence-corrected chi connectivity index (χ2v) is 3.47. The van der Waals surface area contributed by atoms with Crippen molar-refractivity contribution >= 4 is 20.3 Å². The molecule has 3 N–H and O–H groups in total. The topological polar surface area (TPSA) is 104 Å². The second kappa shape index (κ2) is 5.85. The Kier molecular flexibility index (Phi) is 5.53. The van der Waals surface area contributed by atoms with Crippen LogP contribution in [0.3, 0.4) is 0 Å². The van der Waals surface area contributed by atoms with Crippen molar-refractivity contribution in [3.63, 3.8) is 0 Å². The van der Waals surface area contributed by atoms with Crippen LogP contribution in [-0.4, -0.2) is 39.8 Å². The molecular formula is C6H11O6P. The van der Waals surface area contributed by atoms with Gasteiger partial charge >= 0.3 is 11.9 Å². The monoisotopic (exact) mass is 210 g/mol. The van der Waals surface area contributed by atoms with E-state index in [2.05, 4.69) is 4.52 Å². The molecule has 0 aliphatic carbocycles. The first kappa shape index (κ1) is 12.3. The molecule has 6 nitrogen and oxygen atoms in total. The van der Waals surface area contributed by atoms with E-state index in [1.165, 1.54) is 6.66 Å². The third-order valence-electron chi connectivity index (χ3n) is 1.18. The highest BCUT2D eigenvalue weighted by molar-refractivity contribution is 7.45. The van der Waals surface area contributed by atoms with Crippen molar-refractivity contribution in [2.24, 2.45) is 0 Å². The molecule has 0 aromatic carbocycles. The van der Waals surface area contributed by atoms with Crippen LogP contribution in [0.1, 0.15) is 12.8 Å². The van der Waals surface area contributed by atoms with Gasteiger partial charge in [0.25, 0.3) is 0 Å². The molecule has 0 aliphatic heterocycles. The van der Waals surface area contributed by atoms with Crippen LogP contribution >= 0.6 is 8.38 Å². The van der Waals surface area contributed by atoms with Gasteiger partial charge in [-0.3, -0.25) is 4.79 Å². The van der Waals surface area contributed by atoms with E-state index in [9.17, 15) is 9.59 Å². The average Bonchev–Trinajstić information content (AvgIpc) is 1.96. The first-order chi connectivity index (χ1) is 5.93. The van der Waals surface area contributed by atoms with Crippen molar-refractivity contribution < 1.29 is 29.2 Å². The molecule has 0 bridgehead atoms. The van der Waals surface area contributed by atoms with E-state index in [0.29, 0.717) is 0 Å². The maximum absolute atomic E-state index is 10.4. The van der Waals surface area contributed by atoms with Crippen molar-refractivity contribution in [2.75, 3.05) is 6.66 Å². The predicted molar refractivity (Wildman–Crippen MR) is 44.4 cm³/mol. The van der Waals surface area contributed by atoms with Crippen LogP contribution in [0.5, 0.6) is 0 Å². The Hall–Kier alpha value is -0.710. The summed E-state index contributed by atoms with van der Waals surface area (Å²) >= 11 is 0. The normalized spacial score (nSPS) is 14.9. The van der Waals surface area contributed by atoms with Crippen LogP contribution in [0, 0.1) is 0 Å². The van der Waals surface area contributed by atoms with Crippen LogP contribution in [-0.2, 0) is 14.1 Å². The minimum atomic E-state index is -1.78. The lowest BCUT2D eigenvalue weighted by Gasteiger charge is -2.13. The molecule has 0 saturated carbocycles. The maximum Gasteiger partial charge on any atom is 0.333 e. The first-order valence-electron chi connectivity index (χ1n) is 3.47. The summed E-state index contributed by atoms with van der Waals surface area (Å²) in [7, 11) is -1.78. The molecule has 0 saturated heterocycles. The summed E-state index contributed by atoms with van der Waals surface area (Å²) in [5, 5.41) is 16.8. The average molecular weight is 210 g/mol. The largest absolute Gasteiger partial charge is 0.481 e. The zero-order valence-corrected chi connectivity index (χ0v) is 7.90. The van der Waals surface area contributed by atoms with Gasteiger partial charge in [-0.25, -0.2) is 4.79 Å². The molecule has 0 fully saturated rings. The van der Waals surface area contributed by atoms with Gasteiger partial charge in [-0.2, -0.15) is 0 Å². The van der Waals surface area contributed by atoms with Crippen LogP contribution < -0.4 is 0 Å². The zero-order chi connectivity index (χ0) is 10.4. The van der Waals surface area contributed by atoms with Gasteiger partial charge in [0.1, 0.15) is 0 Å². The third kappa shape index (κ3) is 6.45. The maximum atomic E-state index is 10.4. The fourth-order valence-electron chi connectivity index (χ4n) is 0.660. The molecular weight excluding hydrogens is 199 g/mol. The number of hydrogen-bond donors (Lipinski definition) is 3. The highest BCUT2D eigenvalue weighted by Gasteiger charge is 2.21. The summed E-state index contributed by atoms with van der Waals surface area (Å²) in [6.45, 7) is 1.33. The Morgan fingerprint density at radius 3 is 2.31 bits per heavy atom. The molecule has 0 aromatic heterocycles. The SMILES string of the molecule is CP(O)OC(CCC(=O)O)C(=O)O. The second-order valence-electron chi connectivity index (χ2n) is 2.33. The summed E-state index contributed by atoms with van der Waals surface area (Å²) in [6.07, 6.45) is -1.67. The number of rotatable bonds is 6. The van der Waals surface area contributed by atoms with E-state index >= 15 is 0 Å². The zero-order valence-electron chi connectivity index (χ0n) is 7.01. The lowest BCUT2D eigenvalue weighted by atomic mass is 10.2. The van der Waals surface area contributed by atoms with Crippen LogP contribution in [0.25, 0.3) is 0 Å². The van der Waals surface area contributed by atoms with Crippen molar-refractivity contribution in [1.82, 2.24) is 0 Å². The molecule has 76 valence electrons. The quantitative estimate of drug-likeness (QED) is 0.543. The van der Waals surface area contributed by atoms with E-state index in [-0.39, 0.29) is 12.8 Å². The Morgan fingerprint density at radius 2 is 2.00 bits per heavy atom. The first-order valence-corrected chi connectivity index (χ1v) is 5.13. The van der Waals surface area contributed by atoms with Gasteiger partial charge in [0.15, 0.2) is 14.5 Å². The van der Waals surface area contributed by atoms with Crippen molar-refractivity contribution in [3.05, 3.63) is 0 Å². The minimum Gasteiger partial charge on any atom is -0.481 e. The molecule has 7 heteroatoms.